The second-order valence-electron chi connectivity index (χ2n) is 4.60. The van der Waals surface area contributed by atoms with E-state index in [0.717, 1.165) is 0 Å². The zero-order valence-electron chi connectivity index (χ0n) is 11.2. The minimum Gasteiger partial charge on any atom is -0.291 e. The highest BCUT2D eigenvalue weighted by Crippen LogP contribution is 2.22. The molecule has 0 N–H and O–H groups in total. The van der Waals surface area contributed by atoms with Crippen LogP contribution in [0.25, 0.3) is 11.0 Å². The molecule has 21 heavy (non-hydrogen) atoms. The van der Waals surface area contributed by atoms with Crippen molar-refractivity contribution in [3.63, 3.8) is 0 Å². The van der Waals surface area contributed by atoms with Gasteiger partial charge in [-0.25, -0.2) is 4.98 Å². The fourth-order valence-electron chi connectivity index (χ4n) is 2.22. The number of rotatable bonds is 2. The topological polar surface area (TPSA) is 52.0 Å². The van der Waals surface area contributed by atoms with E-state index in [9.17, 15) is 9.59 Å². The van der Waals surface area contributed by atoms with Crippen LogP contribution in [0.1, 0.15) is 27.9 Å². The summed E-state index contributed by atoms with van der Waals surface area (Å²) in [7, 11) is 0. The summed E-state index contributed by atoms with van der Waals surface area (Å²) in [6.45, 7) is 1.41. The first-order chi connectivity index (χ1) is 10.1. The van der Waals surface area contributed by atoms with E-state index in [2.05, 4.69) is 20.9 Å². The fourth-order valence-corrected chi connectivity index (χ4v) is 2.68. The van der Waals surface area contributed by atoms with Crippen molar-refractivity contribution in [1.29, 1.82) is 0 Å². The Bertz CT molecular complexity index is 868. The van der Waals surface area contributed by atoms with Crippen LogP contribution in [-0.2, 0) is 0 Å². The molecule has 3 rings (SSSR count). The minimum atomic E-state index is -0.277. The molecule has 104 valence electrons. The molecule has 0 unspecified atom stereocenters. The zero-order valence-corrected chi connectivity index (χ0v) is 12.8. The largest absolute Gasteiger partial charge is 0.291 e. The lowest BCUT2D eigenvalue weighted by Crippen LogP contribution is -2.17. The first-order valence-electron chi connectivity index (χ1n) is 6.37. The highest BCUT2D eigenvalue weighted by atomic mass is 79.9. The lowest BCUT2D eigenvalue weighted by atomic mass is 10.2. The first-order valence-corrected chi connectivity index (χ1v) is 7.16. The van der Waals surface area contributed by atoms with Gasteiger partial charge in [-0.15, -0.1) is 0 Å². The van der Waals surface area contributed by atoms with Gasteiger partial charge in [0, 0.05) is 11.4 Å². The zero-order chi connectivity index (χ0) is 15.0. The van der Waals surface area contributed by atoms with Crippen LogP contribution < -0.4 is 0 Å². The van der Waals surface area contributed by atoms with E-state index in [-0.39, 0.29) is 17.5 Å². The van der Waals surface area contributed by atoms with Gasteiger partial charge in [-0.05, 0) is 40.2 Å². The van der Waals surface area contributed by atoms with Gasteiger partial charge in [0.1, 0.15) is 0 Å². The number of ketones is 1. The number of hydrogen-bond acceptors (Lipinski definition) is 3. The number of carbonyl (C=O) groups is 2. The molecular weight excluding hydrogens is 332 g/mol. The SMILES string of the molecule is CC(=O)c1nc2ccccc2n1C(=O)c1ccccc1Br. The standard InChI is InChI=1S/C16H11BrN2O2/c1-10(20)15-18-13-8-4-5-9-14(13)19(15)16(21)11-6-2-3-7-12(11)17/h2-9H,1H3. The molecule has 1 aromatic heterocycles. The predicted octanol–water partition coefficient (Wildman–Crippen LogP) is 3.69. The van der Waals surface area contributed by atoms with Crippen LogP contribution in [0, 0.1) is 0 Å². The van der Waals surface area contributed by atoms with Crippen LogP contribution in [0.4, 0.5) is 0 Å². The Labute approximate surface area is 129 Å². The van der Waals surface area contributed by atoms with E-state index in [4.69, 9.17) is 0 Å². The van der Waals surface area contributed by atoms with Gasteiger partial charge in [-0.3, -0.25) is 14.2 Å². The summed E-state index contributed by atoms with van der Waals surface area (Å²) >= 11 is 3.37. The van der Waals surface area contributed by atoms with Crippen LogP contribution >= 0.6 is 15.9 Å². The predicted molar refractivity (Wildman–Crippen MR) is 83.6 cm³/mol. The lowest BCUT2D eigenvalue weighted by Gasteiger charge is -2.07. The molecule has 0 fully saturated rings. The summed E-state index contributed by atoms with van der Waals surface area (Å²) in [5, 5.41) is 0. The molecule has 0 atom stereocenters. The van der Waals surface area contributed by atoms with Crippen molar-refractivity contribution in [2.45, 2.75) is 6.92 Å². The lowest BCUT2D eigenvalue weighted by molar-refractivity contribution is 0.0927. The van der Waals surface area contributed by atoms with Gasteiger partial charge >= 0.3 is 0 Å². The average molecular weight is 343 g/mol. The third kappa shape index (κ3) is 2.29. The van der Waals surface area contributed by atoms with Crippen molar-refractivity contribution in [3.05, 3.63) is 64.4 Å². The molecule has 0 aliphatic rings. The van der Waals surface area contributed by atoms with Gasteiger partial charge < -0.3 is 0 Å². The fraction of sp³-hybridized carbons (Fsp3) is 0.0625. The summed E-state index contributed by atoms with van der Waals surface area (Å²) in [5.74, 6) is -0.370. The third-order valence-corrected chi connectivity index (χ3v) is 3.87. The Kier molecular flexibility index (Phi) is 3.43. The molecule has 0 amide bonds. The number of nitrogens with zero attached hydrogens (tertiary/aromatic N) is 2. The van der Waals surface area contributed by atoms with Gasteiger partial charge in [0.25, 0.3) is 5.91 Å². The van der Waals surface area contributed by atoms with Crippen molar-refractivity contribution in [1.82, 2.24) is 9.55 Å². The smallest absolute Gasteiger partial charge is 0.265 e. The second-order valence-corrected chi connectivity index (χ2v) is 5.46. The van der Waals surface area contributed by atoms with Crippen LogP contribution in [-0.4, -0.2) is 21.2 Å². The summed E-state index contributed by atoms with van der Waals surface area (Å²) in [4.78, 5) is 28.9. The quantitative estimate of drug-likeness (QED) is 0.667. The normalized spacial score (nSPS) is 10.8. The maximum atomic E-state index is 12.8. The van der Waals surface area contributed by atoms with E-state index >= 15 is 0 Å². The van der Waals surface area contributed by atoms with E-state index in [1.54, 1.807) is 30.3 Å². The number of benzene rings is 2. The average Bonchev–Trinajstić information content (AvgIpc) is 2.86. The summed E-state index contributed by atoms with van der Waals surface area (Å²) in [6, 6.07) is 14.3. The number of fused-ring (bicyclic) bond motifs is 1. The number of para-hydroxylation sites is 2. The molecule has 4 nitrogen and oxygen atoms in total. The molecular formula is C16H11BrN2O2. The third-order valence-electron chi connectivity index (χ3n) is 3.18. The van der Waals surface area contributed by atoms with Crippen LogP contribution in [0.2, 0.25) is 0 Å². The Morgan fingerprint density at radius 1 is 1.05 bits per heavy atom. The number of Topliss-reactive ketones (excluding diaryl/α,β-unsaturated/α-hetero) is 1. The highest BCUT2D eigenvalue weighted by Gasteiger charge is 2.21. The second kappa shape index (κ2) is 5.26. The monoisotopic (exact) mass is 342 g/mol. The maximum absolute atomic E-state index is 12.8. The molecule has 0 saturated carbocycles. The van der Waals surface area contributed by atoms with Gasteiger partial charge in [-0.2, -0.15) is 0 Å². The molecule has 2 aromatic carbocycles. The number of halogens is 1. The van der Waals surface area contributed by atoms with Crippen LogP contribution in [0.5, 0.6) is 0 Å². The molecule has 1 heterocycles. The van der Waals surface area contributed by atoms with Crippen LogP contribution in [0.15, 0.2) is 53.0 Å². The Morgan fingerprint density at radius 2 is 1.71 bits per heavy atom. The van der Waals surface area contributed by atoms with Gasteiger partial charge in [0.2, 0.25) is 0 Å². The number of aromatic nitrogens is 2. The van der Waals surface area contributed by atoms with E-state index < -0.39 is 0 Å². The molecule has 5 heteroatoms. The summed E-state index contributed by atoms with van der Waals surface area (Å²) in [5.41, 5.74) is 1.75. The van der Waals surface area contributed by atoms with Gasteiger partial charge in [0.05, 0.1) is 16.6 Å². The maximum Gasteiger partial charge on any atom is 0.265 e. The van der Waals surface area contributed by atoms with E-state index in [1.807, 2.05) is 18.2 Å². The summed E-state index contributed by atoms with van der Waals surface area (Å²) in [6.07, 6.45) is 0. The Morgan fingerprint density at radius 3 is 2.43 bits per heavy atom. The van der Waals surface area contributed by atoms with Gasteiger partial charge in [0.15, 0.2) is 11.6 Å². The van der Waals surface area contributed by atoms with Gasteiger partial charge in [-0.1, -0.05) is 24.3 Å². The molecule has 0 saturated heterocycles. The molecule has 0 bridgehead atoms. The van der Waals surface area contributed by atoms with E-state index in [1.165, 1.54) is 11.5 Å². The minimum absolute atomic E-state index is 0.150. The van der Waals surface area contributed by atoms with Crippen molar-refractivity contribution >= 4 is 38.7 Å². The van der Waals surface area contributed by atoms with Crippen LogP contribution in [0.3, 0.4) is 0 Å². The highest BCUT2D eigenvalue weighted by molar-refractivity contribution is 9.10. The molecule has 0 aliphatic carbocycles. The molecule has 0 aliphatic heterocycles. The van der Waals surface area contributed by atoms with Crippen molar-refractivity contribution in [2.24, 2.45) is 0 Å². The van der Waals surface area contributed by atoms with Crippen molar-refractivity contribution in [2.75, 3.05) is 0 Å². The Balaban J connectivity index is 2.29. The molecule has 0 spiro atoms. The first kappa shape index (κ1) is 13.7. The van der Waals surface area contributed by atoms with Crippen molar-refractivity contribution in [3.8, 4) is 0 Å². The number of hydrogen-bond donors (Lipinski definition) is 0. The number of imidazole rings is 1. The van der Waals surface area contributed by atoms with E-state index in [0.29, 0.717) is 21.1 Å². The molecule has 0 radical (unpaired) electrons. The molecule has 3 aromatic rings. The summed E-state index contributed by atoms with van der Waals surface area (Å²) < 4.78 is 2.06. The number of carbonyl (C=O) groups excluding carboxylic acids is 2. The van der Waals surface area contributed by atoms with Crippen molar-refractivity contribution < 1.29 is 9.59 Å². The Hall–Kier alpha value is -2.27.